The molecule has 3 aliphatic heterocycles. The molecule has 0 radical (unpaired) electrons. The zero-order valence-electron chi connectivity index (χ0n) is 15.9. The van der Waals surface area contributed by atoms with E-state index in [4.69, 9.17) is 4.74 Å². The number of aliphatic hydroxyl groups excluding tert-OH is 1. The maximum atomic E-state index is 12.3. The van der Waals surface area contributed by atoms with Gasteiger partial charge in [-0.15, -0.1) is 0 Å². The molecule has 3 aliphatic rings. The third kappa shape index (κ3) is 4.16. The van der Waals surface area contributed by atoms with Crippen molar-refractivity contribution in [3.8, 4) is 5.75 Å². The zero-order valence-corrected chi connectivity index (χ0v) is 15.9. The topological polar surface area (TPSA) is 67.2 Å². The number of rotatable bonds is 5. The first-order chi connectivity index (χ1) is 13.9. The fraction of sp³-hybridized carbons (Fsp3) is 0.500. The van der Waals surface area contributed by atoms with Gasteiger partial charge in [-0.1, -0.05) is 5.16 Å². The maximum Gasteiger partial charge on any atom is 0.425 e. The number of alkyl halides is 3. The lowest BCUT2D eigenvalue weighted by Crippen LogP contribution is -2.55. The van der Waals surface area contributed by atoms with Gasteiger partial charge >= 0.3 is 6.18 Å². The van der Waals surface area contributed by atoms with Gasteiger partial charge in [0.1, 0.15) is 5.75 Å². The Bertz CT molecular complexity index is 919. The van der Waals surface area contributed by atoms with E-state index in [-0.39, 0.29) is 12.0 Å². The molecule has 156 valence electrons. The number of methoxy groups -OCH3 is 1. The van der Waals surface area contributed by atoms with E-state index >= 15 is 0 Å². The van der Waals surface area contributed by atoms with Gasteiger partial charge in [-0.05, 0) is 49.2 Å². The van der Waals surface area contributed by atoms with Crippen LogP contribution in [-0.2, 0) is 4.84 Å². The summed E-state index contributed by atoms with van der Waals surface area (Å²) in [6, 6.07) is 7.18. The Morgan fingerprint density at radius 1 is 1.34 bits per heavy atom. The normalized spacial score (nSPS) is 26.7. The molecule has 3 saturated heterocycles. The summed E-state index contributed by atoms with van der Waals surface area (Å²) >= 11 is 0. The lowest BCUT2D eigenvalue weighted by molar-refractivity contribution is -0.174. The SMILES string of the molecule is COc1ccc2nccc([C@@H](O)[C@@H]3C[C@@H]4CCN3CC4=NOCC(F)(F)F)c2c1. The van der Waals surface area contributed by atoms with Crippen molar-refractivity contribution < 1.29 is 27.9 Å². The van der Waals surface area contributed by atoms with E-state index in [0.29, 0.717) is 24.4 Å². The highest BCUT2D eigenvalue weighted by atomic mass is 19.4. The second-order valence-corrected chi connectivity index (χ2v) is 7.46. The summed E-state index contributed by atoms with van der Waals surface area (Å²) in [5, 5.41) is 15.7. The highest BCUT2D eigenvalue weighted by Crippen LogP contribution is 2.38. The van der Waals surface area contributed by atoms with Gasteiger partial charge in [0.05, 0.1) is 24.4 Å². The van der Waals surface area contributed by atoms with E-state index in [2.05, 4.69) is 19.9 Å². The molecule has 2 bridgehead atoms. The van der Waals surface area contributed by atoms with Crippen molar-refractivity contribution in [2.45, 2.75) is 31.2 Å². The minimum Gasteiger partial charge on any atom is -0.497 e. The van der Waals surface area contributed by atoms with Crippen molar-refractivity contribution >= 4 is 16.6 Å². The number of halogens is 3. The van der Waals surface area contributed by atoms with Gasteiger partial charge in [-0.25, -0.2) is 0 Å². The fourth-order valence-corrected chi connectivity index (χ4v) is 4.24. The van der Waals surface area contributed by atoms with Gasteiger partial charge in [0, 0.05) is 30.1 Å². The molecule has 4 heterocycles. The molecular weight excluding hydrogens is 387 g/mol. The molecule has 9 heteroatoms. The molecule has 1 N–H and O–H groups in total. The molecule has 0 amide bonds. The number of pyridine rings is 1. The molecule has 6 nitrogen and oxygen atoms in total. The van der Waals surface area contributed by atoms with Crippen LogP contribution in [-0.4, -0.2) is 59.7 Å². The lowest BCUT2D eigenvalue weighted by atomic mass is 9.78. The van der Waals surface area contributed by atoms with Crippen molar-refractivity contribution in [1.29, 1.82) is 0 Å². The Hall–Kier alpha value is -2.39. The standard InChI is InChI=1S/C20H22F3N3O3/c1-28-13-2-3-16-15(9-13)14(4-6-24-16)19(27)18-8-12-5-7-26(18)10-17(12)25-29-11-20(21,22)23/h2-4,6,9,12,18-19,27H,5,7-8,10-11H2,1H3/t12-,18-,19+/m0/s1. The number of aliphatic hydroxyl groups is 1. The molecule has 0 spiro atoms. The number of aromatic nitrogens is 1. The highest BCUT2D eigenvalue weighted by Gasteiger charge is 2.42. The molecule has 2 aromatic rings. The molecule has 1 aromatic carbocycles. The van der Waals surface area contributed by atoms with E-state index in [1.54, 1.807) is 19.4 Å². The first kappa shape index (κ1) is 19.9. The lowest BCUT2D eigenvalue weighted by Gasteiger charge is -2.47. The van der Waals surface area contributed by atoms with Crippen LogP contribution in [0.4, 0.5) is 13.2 Å². The quantitative estimate of drug-likeness (QED) is 0.768. The van der Waals surface area contributed by atoms with Crippen molar-refractivity contribution in [3.05, 3.63) is 36.0 Å². The first-order valence-electron chi connectivity index (χ1n) is 9.46. The summed E-state index contributed by atoms with van der Waals surface area (Å²) in [4.78, 5) is 10.9. The van der Waals surface area contributed by atoms with E-state index in [9.17, 15) is 18.3 Å². The van der Waals surface area contributed by atoms with Crippen LogP contribution < -0.4 is 4.74 Å². The summed E-state index contributed by atoms with van der Waals surface area (Å²) in [5.74, 6) is 0.691. The molecular formula is C20H22F3N3O3. The van der Waals surface area contributed by atoms with Crippen LogP contribution >= 0.6 is 0 Å². The molecule has 5 rings (SSSR count). The van der Waals surface area contributed by atoms with Crippen molar-refractivity contribution in [1.82, 2.24) is 9.88 Å². The van der Waals surface area contributed by atoms with E-state index < -0.39 is 18.9 Å². The van der Waals surface area contributed by atoms with E-state index in [0.717, 1.165) is 29.4 Å². The van der Waals surface area contributed by atoms with Crippen LogP contribution in [0.1, 0.15) is 24.5 Å². The first-order valence-corrected chi connectivity index (χ1v) is 9.46. The molecule has 0 saturated carbocycles. The average molecular weight is 409 g/mol. The minimum atomic E-state index is -4.40. The molecule has 4 atom stereocenters. The second kappa shape index (κ2) is 7.79. The fourth-order valence-electron chi connectivity index (χ4n) is 4.24. The number of fused-ring (bicyclic) bond motifs is 4. The van der Waals surface area contributed by atoms with E-state index in [1.165, 1.54) is 0 Å². The number of piperidine rings is 3. The predicted molar refractivity (Wildman–Crippen MR) is 101 cm³/mol. The third-order valence-corrected chi connectivity index (χ3v) is 5.67. The number of oxime groups is 1. The van der Waals surface area contributed by atoms with Crippen LogP contribution in [0.15, 0.2) is 35.6 Å². The Labute approximate surface area is 165 Å². The predicted octanol–water partition coefficient (Wildman–Crippen LogP) is 3.31. The van der Waals surface area contributed by atoms with E-state index in [1.807, 2.05) is 18.2 Å². The van der Waals surface area contributed by atoms with Crippen molar-refractivity contribution in [2.24, 2.45) is 11.1 Å². The van der Waals surface area contributed by atoms with Gasteiger partial charge in [0.15, 0.2) is 0 Å². The number of hydrogen-bond donors (Lipinski definition) is 1. The van der Waals surface area contributed by atoms with Gasteiger partial charge in [0.25, 0.3) is 0 Å². The molecule has 0 aliphatic carbocycles. The molecule has 29 heavy (non-hydrogen) atoms. The summed E-state index contributed by atoms with van der Waals surface area (Å²) in [5.41, 5.74) is 2.14. The second-order valence-electron chi connectivity index (χ2n) is 7.46. The van der Waals surface area contributed by atoms with Gasteiger partial charge < -0.3 is 14.7 Å². The van der Waals surface area contributed by atoms with Crippen molar-refractivity contribution in [3.63, 3.8) is 0 Å². The van der Waals surface area contributed by atoms with Crippen LogP contribution in [0.3, 0.4) is 0 Å². The smallest absolute Gasteiger partial charge is 0.425 e. The summed E-state index contributed by atoms with van der Waals surface area (Å²) in [7, 11) is 1.58. The Morgan fingerprint density at radius 2 is 2.17 bits per heavy atom. The number of ether oxygens (including phenoxy) is 1. The summed E-state index contributed by atoms with van der Waals surface area (Å²) in [6.07, 6.45) is -2.08. The monoisotopic (exact) mass is 409 g/mol. The highest BCUT2D eigenvalue weighted by molar-refractivity contribution is 5.90. The van der Waals surface area contributed by atoms with Gasteiger partial charge in [-0.3, -0.25) is 9.88 Å². The maximum absolute atomic E-state index is 12.3. The minimum absolute atomic E-state index is 0.00974. The Morgan fingerprint density at radius 3 is 2.86 bits per heavy atom. The van der Waals surface area contributed by atoms with Crippen LogP contribution in [0.2, 0.25) is 0 Å². The van der Waals surface area contributed by atoms with Crippen LogP contribution in [0, 0.1) is 5.92 Å². The molecule has 1 unspecified atom stereocenters. The summed E-state index contributed by atoms with van der Waals surface area (Å²) < 4.78 is 42.1. The average Bonchev–Trinajstić information content (AvgIpc) is 2.72. The summed E-state index contributed by atoms with van der Waals surface area (Å²) in [6.45, 7) is -0.228. The zero-order chi connectivity index (χ0) is 20.6. The third-order valence-electron chi connectivity index (χ3n) is 5.67. The number of nitrogens with zero attached hydrogens (tertiary/aromatic N) is 3. The molecule has 1 aromatic heterocycles. The van der Waals surface area contributed by atoms with Gasteiger partial charge in [-0.2, -0.15) is 13.2 Å². The largest absolute Gasteiger partial charge is 0.497 e. The Balaban J connectivity index is 1.54. The Kier molecular flexibility index (Phi) is 5.35. The van der Waals surface area contributed by atoms with Crippen LogP contribution in [0.5, 0.6) is 5.75 Å². The van der Waals surface area contributed by atoms with Crippen LogP contribution in [0.25, 0.3) is 10.9 Å². The number of benzene rings is 1. The molecule has 3 fully saturated rings. The number of hydrogen-bond acceptors (Lipinski definition) is 6. The van der Waals surface area contributed by atoms with Gasteiger partial charge in [0.2, 0.25) is 6.61 Å². The van der Waals surface area contributed by atoms with Crippen molar-refractivity contribution in [2.75, 3.05) is 26.8 Å².